The molecule has 1 aromatic heterocycles. The standard InChI is InChI=1S/C16H17N5O3/c1-8-14(9(2)21-20-8)19-13(22)7-12-16(24)17-11-6-4-3-5-10(11)15(23)18-12/h3-6,12H,7H2,1-2H3,(H,17,24)(H,18,23)(H,19,22)(H,20,21). The summed E-state index contributed by atoms with van der Waals surface area (Å²) < 4.78 is 0. The third-order valence-electron chi connectivity index (χ3n) is 3.83. The van der Waals surface area contributed by atoms with Gasteiger partial charge in [-0.15, -0.1) is 0 Å². The van der Waals surface area contributed by atoms with E-state index in [1.807, 2.05) is 0 Å². The third kappa shape index (κ3) is 2.98. The van der Waals surface area contributed by atoms with Gasteiger partial charge in [0.05, 0.1) is 34.7 Å². The summed E-state index contributed by atoms with van der Waals surface area (Å²) in [6.07, 6.45) is -0.171. The number of rotatable bonds is 3. The maximum absolute atomic E-state index is 12.3. The SMILES string of the molecule is Cc1n[nH]c(C)c1NC(=O)CC1NC(=O)c2ccccc2NC1=O. The first-order valence-electron chi connectivity index (χ1n) is 7.48. The van der Waals surface area contributed by atoms with Crippen LogP contribution in [0.15, 0.2) is 24.3 Å². The van der Waals surface area contributed by atoms with Crippen LogP contribution in [0.1, 0.15) is 28.2 Å². The molecule has 0 spiro atoms. The molecule has 3 rings (SSSR count). The van der Waals surface area contributed by atoms with Crippen molar-refractivity contribution in [2.24, 2.45) is 0 Å². The van der Waals surface area contributed by atoms with Crippen LogP contribution in [0.25, 0.3) is 0 Å². The molecule has 0 fully saturated rings. The van der Waals surface area contributed by atoms with Gasteiger partial charge in [0.25, 0.3) is 5.91 Å². The topological polar surface area (TPSA) is 116 Å². The first-order valence-corrected chi connectivity index (χ1v) is 7.48. The number of anilines is 2. The predicted octanol–water partition coefficient (Wildman–Crippen LogP) is 1.11. The van der Waals surface area contributed by atoms with Crippen molar-refractivity contribution < 1.29 is 14.4 Å². The molecular weight excluding hydrogens is 310 g/mol. The minimum absolute atomic E-state index is 0.171. The van der Waals surface area contributed by atoms with E-state index in [-0.39, 0.29) is 12.3 Å². The summed E-state index contributed by atoms with van der Waals surface area (Å²) >= 11 is 0. The van der Waals surface area contributed by atoms with E-state index in [2.05, 4.69) is 26.1 Å². The molecule has 1 aromatic carbocycles. The van der Waals surface area contributed by atoms with Crippen molar-refractivity contribution in [1.29, 1.82) is 0 Å². The summed E-state index contributed by atoms with van der Waals surface area (Å²) in [6.45, 7) is 3.54. The average molecular weight is 327 g/mol. The maximum Gasteiger partial charge on any atom is 0.254 e. The van der Waals surface area contributed by atoms with Crippen LogP contribution in [-0.2, 0) is 9.59 Å². The van der Waals surface area contributed by atoms with E-state index < -0.39 is 17.9 Å². The predicted molar refractivity (Wildman–Crippen MR) is 87.6 cm³/mol. The molecule has 1 aliphatic heterocycles. The lowest BCUT2D eigenvalue weighted by Gasteiger charge is -2.14. The number of para-hydroxylation sites is 1. The molecule has 4 N–H and O–H groups in total. The zero-order valence-electron chi connectivity index (χ0n) is 13.3. The molecule has 124 valence electrons. The number of nitrogens with zero attached hydrogens (tertiary/aromatic N) is 1. The van der Waals surface area contributed by atoms with E-state index in [4.69, 9.17) is 0 Å². The highest BCUT2D eigenvalue weighted by Crippen LogP contribution is 2.20. The highest BCUT2D eigenvalue weighted by atomic mass is 16.2. The minimum atomic E-state index is -0.947. The van der Waals surface area contributed by atoms with Crippen molar-refractivity contribution in [2.75, 3.05) is 10.6 Å². The van der Waals surface area contributed by atoms with Crippen LogP contribution in [0, 0.1) is 13.8 Å². The van der Waals surface area contributed by atoms with Gasteiger partial charge < -0.3 is 16.0 Å². The number of H-pyrrole nitrogens is 1. The molecule has 8 nitrogen and oxygen atoms in total. The summed E-state index contributed by atoms with van der Waals surface area (Å²) in [6, 6.07) is 5.75. The summed E-state index contributed by atoms with van der Waals surface area (Å²) in [5, 5.41) is 14.7. The van der Waals surface area contributed by atoms with Gasteiger partial charge in [0.2, 0.25) is 11.8 Å². The second kappa shape index (κ2) is 6.15. The van der Waals surface area contributed by atoms with Crippen LogP contribution in [0.5, 0.6) is 0 Å². The van der Waals surface area contributed by atoms with Gasteiger partial charge in [-0.3, -0.25) is 19.5 Å². The molecule has 1 unspecified atom stereocenters. The van der Waals surface area contributed by atoms with Crippen LogP contribution in [0.4, 0.5) is 11.4 Å². The van der Waals surface area contributed by atoms with Crippen LogP contribution in [0.2, 0.25) is 0 Å². The number of aryl methyl sites for hydroxylation is 2. The van der Waals surface area contributed by atoms with Gasteiger partial charge in [0.1, 0.15) is 6.04 Å². The Labute approximate surface area is 138 Å². The van der Waals surface area contributed by atoms with Crippen molar-refractivity contribution in [1.82, 2.24) is 15.5 Å². The number of aromatic amines is 1. The summed E-state index contributed by atoms with van der Waals surface area (Å²) in [4.78, 5) is 36.7. The van der Waals surface area contributed by atoms with Crippen molar-refractivity contribution >= 4 is 29.1 Å². The molecule has 2 heterocycles. The van der Waals surface area contributed by atoms with E-state index in [9.17, 15) is 14.4 Å². The molecular formula is C16H17N5O3. The molecule has 0 bridgehead atoms. The van der Waals surface area contributed by atoms with E-state index in [1.54, 1.807) is 38.1 Å². The Balaban J connectivity index is 1.73. The van der Waals surface area contributed by atoms with Crippen LogP contribution in [-0.4, -0.2) is 34.0 Å². The normalized spacial score (nSPS) is 16.7. The van der Waals surface area contributed by atoms with Gasteiger partial charge in [0, 0.05) is 0 Å². The average Bonchev–Trinajstić information content (AvgIpc) is 2.80. The van der Waals surface area contributed by atoms with Gasteiger partial charge >= 0.3 is 0 Å². The number of benzene rings is 1. The van der Waals surface area contributed by atoms with E-state index in [0.717, 1.165) is 5.69 Å². The van der Waals surface area contributed by atoms with Gasteiger partial charge in [0.15, 0.2) is 0 Å². The highest BCUT2D eigenvalue weighted by molar-refractivity contribution is 6.11. The number of fused-ring (bicyclic) bond motifs is 1. The largest absolute Gasteiger partial charge is 0.340 e. The molecule has 1 atom stereocenters. The second-order valence-electron chi connectivity index (χ2n) is 5.62. The fourth-order valence-corrected chi connectivity index (χ4v) is 2.57. The van der Waals surface area contributed by atoms with Crippen molar-refractivity contribution in [2.45, 2.75) is 26.3 Å². The number of hydrogen-bond donors (Lipinski definition) is 4. The number of nitrogens with one attached hydrogen (secondary N) is 4. The number of carbonyl (C=O) groups is 3. The van der Waals surface area contributed by atoms with Crippen LogP contribution in [0.3, 0.4) is 0 Å². The minimum Gasteiger partial charge on any atom is -0.340 e. The molecule has 24 heavy (non-hydrogen) atoms. The number of aromatic nitrogens is 2. The van der Waals surface area contributed by atoms with Gasteiger partial charge in [-0.25, -0.2) is 0 Å². The maximum atomic E-state index is 12.3. The molecule has 0 saturated heterocycles. The molecule has 8 heteroatoms. The van der Waals surface area contributed by atoms with Gasteiger partial charge in [-0.05, 0) is 26.0 Å². The Morgan fingerprint density at radius 3 is 2.71 bits per heavy atom. The molecule has 0 saturated carbocycles. The Hall–Kier alpha value is -3.16. The van der Waals surface area contributed by atoms with Crippen molar-refractivity contribution in [3.63, 3.8) is 0 Å². The Morgan fingerprint density at radius 1 is 1.25 bits per heavy atom. The smallest absolute Gasteiger partial charge is 0.254 e. The lowest BCUT2D eigenvalue weighted by Crippen LogP contribution is -2.43. The summed E-state index contributed by atoms with van der Waals surface area (Å²) in [5.41, 5.74) is 2.77. The second-order valence-corrected chi connectivity index (χ2v) is 5.62. The van der Waals surface area contributed by atoms with Crippen molar-refractivity contribution in [3.8, 4) is 0 Å². The van der Waals surface area contributed by atoms with Gasteiger partial charge in [-0.1, -0.05) is 12.1 Å². The molecule has 0 aliphatic carbocycles. The zero-order chi connectivity index (χ0) is 17.3. The lowest BCUT2D eigenvalue weighted by atomic mass is 10.1. The fourth-order valence-electron chi connectivity index (χ4n) is 2.57. The van der Waals surface area contributed by atoms with E-state index in [0.29, 0.717) is 22.6 Å². The van der Waals surface area contributed by atoms with Crippen LogP contribution < -0.4 is 16.0 Å². The summed E-state index contributed by atoms with van der Waals surface area (Å²) in [5.74, 6) is -1.20. The van der Waals surface area contributed by atoms with Gasteiger partial charge in [-0.2, -0.15) is 5.10 Å². The Kier molecular flexibility index (Phi) is 4.03. The van der Waals surface area contributed by atoms with E-state index >= 15 is 0 Å². The Bertz CT molecular complexity index is 807. The quantitative estimate of drug-likeness (QED) is 0.675. The first kappa shape index (κ1) is 15.7. The Morgan fingerprint density at radius 2 is 2.00 bits per heavy atom. The summed E-state index contributed by atoms with van der Waals surface area (Å²) in [7, 11) is 0. The molecule has 2 aromatic rings. The molecule has 0 radical (unpaired) electrons. The molecule has 1 aliphatic rings. The lowest BCUT2D eigenvalue weighted by molar-refractivity contribution is -0.122. The number of amides is 3. The number of carbonyl (C=O) groups excluding carboxylic acids is 3. The highest BCUT2D eigenvalue weighted by Gasteiger charge is 2.29. The van der Waals surface area contributed by atoms with Crippen LogP contribution >= 0.6 is 0 Å². The number of hydrogen-bond acceptors (Lipinski definition) is 4. The first-order chi connectivity index (χ1) is 11.5. The van der Waals surface area contributed by atoms with Crippen molar-refractivity contribution in [3.05, 3.63) is 41.2 Å². The monoisotopic (exact) mass is 327 g/mol. The fraction of sp³-hybridized carbons (Fsp3) is 0.250. The molecule has 3 amide bonds. The third-order valence-corrected chi connectivity index (χ3v) is 3.83. The van der Waals surface area contributed by atoms with E-state index in [1.165, 1.54) is 0 Å². The zero-order valence-corrected chi connectivity index (χ0v) is 13.3.